The first-order chi connectivity index (χ1) is 10.5. The third-order valence-corrected chi connectivity index (χ3v) is 5.54. The Morgan fingerprint density at radius 2 is 1.50 bits per heavy atom. The average Bonchev–Trinajstić information content (AvgIpc) is 3.23. The third-order valence-electron chi connectivity index (χ3n) is 4.91. The van der Waals surface area contributed by atoms with Crippen LogP contribution in [0, 0.1) is 34.6 Å². The van der Waals surface area contributed by atoms with Gasteiger partial charge in [-0.1, -0.05) is 12.1 Å². The molecule has 2 aromatic heterocycles. The van der Waals surface area contributed by atoms with Crippen LogP contribution in [0.15, 0.2) is 22.9 Å². The van der Waals surface area contributed by atoms with E-state index >= 15 is 0 Å². The summed E-state index contributed by atoms with van der Waals surface area (Å²) in [5.41, 5.74) is 12.3. The van der Waals surface area contributed by atoms with E-state index in [9.17, 15) is 0 Å². The molecule has 0 saturated heterocycles. The van der Waals surface area contributed by atoms with Gasteiger partial charge in [0.25, 0.3) is 0 Å². The van der Waals surface area contributed by atoms with Gasteiger partial charge in [0.15, 0.2) is 0 Å². The number of aryl methyl sites for hydroxylation is 1. The second kappa shape index (κ2) is 5.73. The van der Waals surface area contributed by atoms with Crippen molar-refractivity contribution in [3.05, 3.63) is 62.0 Å². The van der Waals surface area contributed by atoms with Crippen molar-refractivity contribution in [2.24, 2.45) is 0 Å². The maximum absolute atomic E-state index is 4.49. The first kappa shape index (κ1) is 15.0. The second-order valence-electron chi connectivity index (χ2n) is 6.00. The van der Waals surface area contributed by atoms with Crippen molar-refractivity contribution in [3.63, 3.8) is 0 Å². The molecule has 0 saturated carbocycles. The minimum atomic E-state index is 1.04. The molecule has 0 fully saturated rings. The van der Waals surface area contributed by atoms with E-state index in [-0.39, 0.29) is 0 Å². The zero-order valence-electron chi connectivity index (χ0n) is 13.9. The molecular formula is C19H22N2S. The SMILES string of the molecule is Cc1[nH]nc2c1Cc1c(C)c(C)c(C)c(C)c1-2.c1ccsc1. The van der Waals surface area contributed by atoms with Crippen molar-refractivity contribution in [1.82, 2.24) is 10.2 Å². The summed E-state index contributed by atoms with van der Waals surface area (Å²) >= 11 is 1.71. The highest BCUT2D eigenvalue weighted by Gasteiger charge is 2.28. The maximum Gasteiger partial charge on any atom is 0.0964 e. The predicted octanol–water partition coefficient (Wildman–Crippen LogP) is 5.27. The van der Waals surface area contributed by atoms with Crippen LogP contribution in [0.3, 0.4) is 0 Å². The first-order valence-corrected chi connectivity index (χ1v) is 8.57. The highest BCUT2D eigenvalue weighted by molar-refractivity contribution is 7.07. The van der Waals surface area contributed by atoms with Crippen LogP contribution < -0.4 is 0 Å². The Hall–Kier alpha value is -1.87. The number of hydrogen-bond donors (Lipinski definition) is 1. The number of benzene rings is 1. The highest BCUT2D eigenvalue weighted by atomic mass is 32.1. The van der Waals surface area contributed by atoms with Crippen LogP contribution in [0.5, 0.6) is 0 Å². The molecule has 1 N–H and O–H groups in total. The molecule has 0 bridgehead atoms. The summed E-state index contributed by atoms with van der Waals surface area (Å²) in [7, 11) is 0. The van der Waals surface area contributed by atoms with Gasteiger partial charge in [0.1, 0.15) is 0 Å². The van der Waals surface area contributed by atoms with E-state index < -0.39 is 0 Å². The van der Waals surface area contributed by atoms with Crippen LogP contribution in [0.25, 0.3) is 11.3 Å². The number of H-pyrrole nitrogens is 1. The fourth-order valence-electron chi connectivity index (χ4n) is 3.21. The lowest BCUT2D eigenvalue weighted by Crippen LogP contribution is -1.99. The summed E-state index contributed by atoms with van der Waals surface area (Å²) in [6.07, 6.45) is 1.04. The summed E-state index contributed by atoms with van der Waals surface area (Å²) in [5, 5.41) is 11.7. The highest BCUT2D eigenvalue weighted by Crippen LogP contribution is 2.42. The fourth-order valence-corrected chi connectivity index (χ4v) is 3.66. The van der Waals surface area contributed by atoms with Crippen LogP contribution >= 0.6 is 11.3 Å². The van der Waals surface area contributed by atoms with Crippen molar-refractivity contribution in [2.45, 2.75) is 41.0 Å². The predicted molar refractivity (Wildman–Crippen MR) is 94.8 cm³/mol. The monoisotopic (exact) mass is 310 g/mol. The third kappa shape index (κ3) is 2.30. The minimum Gasteiger partial charge on any atom is -0.282 e. The van der Waals surface area contributed by atoms with Crippen molar-refractivity contribution in [2.75, 3.05) is 0 Å². The van der Waals surface area contributed by atoms with Gasteiger partial charge in [-0.15, -0.1) is 0 Å². The molecule has 0 spiro atoms. The van der Waals surface area contributed by atoms with Crippen LogP contribution in [0.2, 0.25) is 0 Å². The molecule has 22 heavy (non-hydrogen) atoms. The molecule has 0 unspecified atom stereocenters. The average molecular weight is 310 g/mol. The molecule has 0 atom stereocenters. The number of aromatic nitrogens is 2. The number of hydrogen-bond acceptors (Lipinski definition) is 2. The Bertz CT molecular complexity index is 794. The lowest BCUT2D eigenvalue weighted by atomic mass is 9.90. The zero-order chi connectivity index (χ0) is 15.9. The molecule has 0 aliphatic heterocycles. The van der Waals surface area contributed by atoms with Gasteiger partial charge >= 0.3 is 0 Å². The van der Waals surface area contributed by atoms with Gasteiger partial charge in [-0.05, 0) is 73.2 Å². The maximum atomic E-state index is 4.49. The minimum absolute atomic E-state index is 1.04. The van der Waals surface area contributed by atoms with E-state index in [0.29, 0.717) is 0 Å². The summed E-state index contributed by atoms with van der Waals surface area (Å²) in [6, 6.07) is 4.04. The number of nitrogens with zero attached hydrogens (tertiary/aromatic N) is 1. The first-order valence-electron chi connectivity index (χ1n) is 7.63. The van der Waals surface area contributed by atoms with Crippen molar-refractivity contribution >= 4 is 11.3 Å². The summed E-state index contributed by atoms with van der Waals surface area (Å²) in [5.74, 6) is 0. The van der Waals surface area contributed by atoms with Crippen molar-refractivity contribution in [3.8, 4) is 11.3 Å². The Morgan fingerprint density at radius 3 is 2.09 bits per heavy atom. The van der Waals surface area contributed by atoms with Crippen LogP contribution in [0.1, 0.15) is 39.1 Å². The van der Waals surface area contributed by atoms with Gasteiger partial charge in [0.05, 0.1) is 5.69 Å². The van der Waals surface area contributed by atoms with E-state index in [1.807, 2.05) is 22.9 Å². The van der Waals surface area contributed by atoms with Crippen molar-refractivity contribution < 1.29 is 0 Å². The number of fused-ring (bicyclic) bond motifs is 3. The van der Waals surface area contributed by atoms with Gasteiger partial charge in [-0.2, -0.15) is 16.4 Å². The fraction of sp³-hybridized carbons (Fsp3) is 0.316. The Morgan fingerprint density at radius 1 is 0.864 bits per heavy atom. The number of thiophene rings is 1. The largest absolute Gasteiger partial charge is 0.282 e. The van der Waals surface area contributed by atoms with Gasteiger partial charge in [-0.3, -0.25) is 5.10 Å². The molecule has 0 radical (unpaired) electrons. The summed E-state index contributed by atoms with van der Waals surface area (Å²) in [6.45, 7) is 11.0. The molecular weight excluding hydrogens is 288 g/mol. The lowest BCUT2D eigenvalue weighted by Gasteiger charge is -2.15. The van der Waals surface area contributed by atoms with Gasteiger partial charge in [-0.25, -0.2) is 0 Å². The molecule has 1 aliphatic carbocycles. The Labute approximate surface area is 136 Å². The quantitative estimate of drug-likeness (QED) is 0.471. The van der Waals surface area contributed by atoms with E-state index in [1.165, 1.54) is 50.3 Å². The standard InChI is InChI=1S/C15H18N2.C4H4S/c1-7-8(2)10(4)14-12(9(7)3)6-13-11(5)16-17-15(13)14;1-2-4-5-3-1/h6H2,1-5H3,(H,16,17);1-4H. The van der Waals surface area contributed by atoms with Crippen molar-refractivity contribution in [1.29, 1.82) is 0 Å². The molecule has 1 aliphatic rings. The van der Waals surface area contributed by atoms with Gasteiger partial charge in [0.2, 0.25) is 0 Å². The summed E-state index contributed by atoms with van der Waals surface area (Å²) in [4.78, 5) is 0. The molecule has 3 aromatic rings. The Balaban J connectivity index is 0.000000246. The molecule has 114 valence electrons. The number of nitrogens with one attached hydrogen (secondary N) is 1. The van der Waals surface area contributed by atoms with Crippen LogP contribution in [-0.4, -0.2) is 10.2 Å². The molecule has 2 nitrogen and oxygen atoms in total. The molecule has 3 heteroatoms. The molecule has 0 amide bonds. The van der Waals surface area contributed by atoms with Gasteiger partial charge < -0.3 is 0 Å². The van der Waals surface area contributed by atoms with Crippen LogP contribution in [0.4, 0.5) is 0 Å². The van der Waals surface area contributed by atoms with E-state index in [4.69, 9.17) is 0 Å². The summed E-state index contributed by atoms with van der Waals surface area (Å²) < 4.78 is 0. The lowest BCUT2D eigenvalue weighted by molar-refractivity contribution is 1.03. The molecule has 1 aromatic carbocycles. The van der Waals surface area contributed by atoms with E-state index in [1.54, 1.807) is 11.3 Å². The molecule has 4 rings (SSSR count). The smallest absolute Gasteiger partial charge is 0.0964 e. The number of rotatable bonds is 0. The number of aromatic amines is 1. The Kier molecular flexibility index (Phi) is 3.92. The second-order valence-corrected chi connectivity index (χ2v) is 6.82. The van der Waals surface area contributed by atoms with E-state index in [2.05, 4.69) is 44.8 Å². The molecule has 2 heterocycles. The topological polar surface area (TPSA) is 28.7 Å². The van der Waals surface area contributed by atoms with Gasteiger partial charge in [0, 0.05) is 23.2 Å². The zero-order valence-corrected chi connectivity index (χ0v) is 14.7. The van der Waals surface area contributed by atoms with Crippen LogP contribution in [-0.2, 0) is 6.42 Å². The van der Waals surface area contributed by atoms with E-state index in [0.717, 1.165) is 6.42 Å². The normalized spacial score (nSPS) is 11.7.